The van der Waals surface area contributed by atoms with Gasteiger partial charge in [-0.1, -0.05) is 0 Å². The first-order valence-corrected chi connectivity index (χ1v) is 9.96. The molecule has 0 aliphatic carbocycles. The molecule has 0 bridgehead atoms. The van der Waals surface area contributed by atoms with Gasteiger partial charge in [0.1, 0.15) is 23.4 Å². The van der Waals surface area contributed by atoms with Crippen molar-refractivity contribution in [2.24, 2.45) is 0 Å². The summed E-state index contributed by atoms with van der Waals surface area (Å²) in [5.41, 5.74) is 3.47. The number of nitrogens with one attached hydrogen (secondary N) is 1. The van der Waals surface area contributed by atoms with Crippen LogP contribution in [0.4, 0.5) is 4.39 Å². The van der Waals surface area contributed by atoms with E-state index in [2.05, 4.69) is 4.98 Å². The van der Waals surface area contributed by atoms with Crippen molar-refractivity contribution in [2.45, 2.75) is 18.5 Å². The van der Waals surface area contributed by atoms with E-state index in [1.807, 2.05) is 17.0 Å². The number of carbonyl (C=O) groups excluding carboxylic acids is 1. The van der Waals surface area contributed by atoms with Crippen molar-refractivity contribution in [1.29, 1.82) is 0 Å². The first-order chi connectivity index (χ1) is 14.4. The average molecular weight is 425 g/mol. The van der Waals surface area contributed by atoms with Crippen molar-refractivity contribution in [2.75, 3.05) is 21.3 Å². The molecule has 8 heteroatoms. The number of H-pyrrole nitrogens is 1. The zero-order valence-corrected chi connectivity index (χ0v) is 17.5. The Bertz CT molecular complexity index is 1190. The number of aromatic amines is 1. The predicted molar refractivity (Wildman–Crippen MR) is 114 cm³/mol. The van der Waals surface area contributed by atoms with Crippen LogP contribution in [-0.4, -0.2) is 53.1 Å². The predicted octanol–water partition coefficient (Wildman–Crippen LogP) is 3.40. The number of carbonyl (C=O) groups is 1. The number of benzene rings is 2. The maximum atomic E-state index is 13.9. The number of ether oxygens (including phenoxy) is 2. The molecule has 6 nitrogen and oxygen atoms in total. The fraction of sp³-hybridized carbons (Fsp3) is 0.273. The summed E-state index contributed by atoms with van der Waals surface area (Å²) in [4.78, 5) is 19.8. The van der Waals surface area contributed by atoms with Crippen LogP contribution >= 0.6 is 12.2 Å². The summed E-state index contributed by atoms with van der Waals surface area (Å²) in [5.74, 6) is 0.925. The second-order valence-electron chi connectivity index (χ2n) is 7.56. The Labute approximate surface area is 178 Å². The number of hydrogen-bond acceptors (Lipinski definition) is 4. The summed E-state index contributed by atoms with van der Waals surface area (Å²) in [7, 11) is 4.89. The number of fused-ring (bicyclic) bond motifs is 4. The molecule has 1 aromatic heterocycles. The van der Waals surface area contributed by atoms with Gasteiger partial charge in [0.2, 0.25) is 0 Å². The van der Waals surface area contributed by atoms with Crippen LogP contribution in [0.3, 0.4) is 0 Å². The largest absolute Gasteiger partial charge is 0.497 e. The van der Waals surface area contributed by atoms with Gasteiger partial charge in [0.25, 0.3) is 5.91 Å². The van der Waals surface area contributed by atoms with Crippen LogP contribution in [0, 0.1) is 5.82 Å². The molecule has 2 aliphatic rings. The Morgan fingerprint density at radius 1 is 1.13 bits per heavy atom. The number of aromatic nitrogens is 1. The number of halogens is 1. The summed E-state index contributed by atoms with van der Waals surface area (Å²) in [6.45, 7) is 0. The number of methoxy groups -OCH3 is 2. The molecule has 0 saturated carbocycles. The van der Waals surface area contributed by atoms with Crippen LogP contribution in [-0.2, 0) is 11.2 Å². The van der Waals surface area contributed by atoms with Crippen molar-refractivity contribution < 1.29 is 18.7 Å². The molecule has 1 fully saturated rings. The molecule has 0 radical (unpaired) electrons. The molecule has 1 N–H and O–H groups in total. The highest BCUT2D eigenvalue weighted by molar-refractivity contribution is 7.80. The number of hydrogen-bond donors (Lipinski definition) is 1. The summed E-state index contributed by atoms with van der Waals surface area (Å²) < 4.78 is 24.8. The SMILES string of the molecule is COc1cc(OC)cc([C@@H]2c3[nH]c4cc(F)ccc4c3C[C@H]3C(=O)N(C)C(=S)N23)c1. The third kappa shape index (κ3) is 2.60. The van der Waals surface area contributed by atoms with E-state index in [1.165, 1.54) is 17.0 Å². The molecule has 0 spiro atoms. The monoisotopic (exact) mass is 425 g/mol. The Morgan fingerprint density at radius 3 is 2.50 bits per heavy atom. The first-order valence-electron chi connectivity index (χ1n) is 9.55. The topological polar surface area (TPSA) is 57.8 Å². The summed E-state index contributed by atoms with van der Waals surface area (Å²) in [5, 5.41) is 1.38. The number of nitrogens with zero attached hydrogens (tertiary/aromatic N) is 2. The normalized spacial score (nSPS) is 20.5. The standard InChI is InChI=1S/C22H20FN3O3S/c1-25-21(27)18-10-16-15-5-4-12(23)8-17(15)24-19(16)20(26(18)22(25)30)11-6-13(28-2)9-14(7-11)29-3/h4-9,18,20,24H,10H2,1-3H3/t18-,20+/m0/s1. The quantitative estimate of drug-likeness (QED) is 0.652. The highest BCUT2D eigenvalue weighted by Gasteiger charge is 2.49. The van der Waals surface area contributed by atoms with Gasteiger partial charge in [-0.15, -0.1) is 0 Å². The van der Waals surface area contributed by atoms with Crippen molar-refractivity contribution in [3.05, 3.63) is 59.0 Å². The Kier molecular flexibility index (Phi) is 4.21. The van der Waals surface area contributed by atoms with Crippen molar-refractivity contribution in [3.8, 4) is 11.5 Å². The first kappa shape index (κ1) is 18.9. The van der Waals surface area contributed by atoms with E-state index in [1.54, 1.807) is 33.4 Å². The van der Waals surface area contributed by atoms with Crippen molar-refractivity contribution >= 4 is 34.1 Å². The molecule has 0 unspecified atom stereocenters. The minimum absolute atomic E-state index is 0.0398. The molecule has 2 aliphatic heterocycles. The van der Waals surface area contributed by atoms with Gasteiger partial charge in [0.05, 0.1) is 20.3 Å². The van der Waals surface area contributed by atoms with Crippen LogP contribution in [0.2, 0.25) is 0 Å². The summed E-state index contributed by atoms with van der Waals surface area (Å²) in [6, 6.07) is 9.54. The van der Waals surface area contributed by atoms with E-state index in [4.69, 9.17) is 21.7 Å². The lowest BCUT2D eigenvalue weighted by Crippen LogP contribution is -2.44. The van der Waals surface area contributed by atoms with Gasteiger partial charge < -0.3 is 19.4 Å². The number of thiocarbonyl (C=S) groups is 1. The van der Waals surface area contributed by atoms with Crippen LogP contribution in [0.15, 0.2) is 36.4 Å². The lowest BCUT2D eigenvalue weighted by atomic mass is 9.88. The Balaban J connectivity index is 1.78. The van der Waals surface area contributed by atoms with E-state index >= 15 is 0 Å². The fourth-order valence-electron chi connectivity index (χ4n) is 4.57. The van der Waals surface area contributed by atoms with Crippen LogP contribution in [0.1, 0.15) is 22.9 Å². The van der Waals surface area contributed by atoms with Gasteiger partial charge in [0, 0.05) is 36.1 Å². The van der Waals surface area contributed by atoms with Crippen molar-refractivity contribution in [3.63, 3.8) is 0 Å². The second kappa shape index (κ2) is 6.70. The molecule has 154 valence electrons. The van der Waals surface area contributed by atoms with E-state index in [-0.39, 0.29) is 17.8 Å². The van der Waals surface area contributed by atoms with Gasteiger partial charge in [-0.3, -0.25) is 9.69 Å². The van der Waals surface area contributed by atoms with E-state index in [0.717, 1.165) is 22.2 Å². The maximum Gasteiger partial charge on any atom is 0.251 e. The summed E-state index contributed by atoms with van der Waals surface area (Å²) >= 11 is 5.64. The zero-order valence-electron chi connectivity index (χ0n) is 16.7. The van der Waals surface area contributed by atoms with Crippen LogP contribution in [0.25, 0.3) is 10.9 Å². The third-order valence-corrected chi connectivity index (χ3v) is 6.48. The minimum Gasteiger partial charge on any atom is -0.497 e. The highest BCUT2D eigenvalue weighted by atomic mass is 32.1. The average Bonchev–Trinajstić information content (AvgIpc) is 3.21. The van der Waals surface area contributed by atoms with E-state index in [9.17, 15) is 9.18 Å². The van der Waals surface area contributed by atoms with E-state index in [0.29, 0.717) is 28.5 Å². The fourth-order valence-corrected chi connectivity index (χ4v) is 4.89. The minimum atomic E-state index is -0.416. The molecule has 1 saturated heterocycles. The van der Waals surface area contributed by atoms with Gasteiger partial charge in [0.15, 0.2) is 5.11 Å². The highest BCUT2D eigenvalue weighted by Crippen LogP contribution is 2.45. The molecular formula is C22H20FN3O3S. The molecule has 5 rings (SSSR count). The van der Waals surface area contributed by atoms with Gasteiger partial charge in [-0.05, 0) is 53.7 Å². The van der Waals surface area contributed by atoms with Gasteiger partial charge in [-0.2, -0.15) is 0 Å². The summed E-state index contributed by atoms with van der Waals surface area (Å²) in [6.07, 6.45) is 0.502. The van der Waals surface area contributed by atoms with Crippen LogP contribution < -0.4 is 9.47 Å². The van der Waals surface area contributed by atoms with E-state index < -0.39 is 6.04 Å². The van der Waals surface area contributed by atoms with Crippen LogP contribution in [0.5, 0.6) is 11.5 Å². The molecular weight excluding hydrogens is 405 g/mol. The van der Waals surface area contributed by atoms with Gasteiger partial charge >= 0.3 is 0 Å². The third-order valence-electron chi connectivity index (χ3n) is 6.00. The Morgan fingerprint density at radius 2 is 1.83 bits per heavy atom. The maximum absolute atomic E-state index is 13.9. The lowest BCUT2D eigenvalue weighted by molar-refractivity contribution is -0.127. The molecule has 1 amide bonds. The molecule has 3 aromatic rings. The zero-order chi connectivity index (χ0) is 21.2. The molecule has 2 aromatic carbocycles. The molecule has 2 atom stereocenters. The smallest absolute Gasteiger partial charge is 0.251 e. The van der Waals surface area contributed by atoms with Gasteiger partial charge in [-0.25, -0.2) is 4.39 Å². The Hall–Kier alpha value is -3.13. The molecule has 3 heterocycles. The lowest BCUT2D eigenvalue weighted by Gasteiger charge is -2.37. The molecule has 30 heavy (non-hydrogen) atoms. The number of amides is 1. The number of likely N-dealkylation sites (N-methyl/N-ethyl adjacent to an activating group) is 1. The second-order valence-corrected chi connectivity index (χ2v) is 7.93. The number of rotatable bonds is 3. The van der Waals surface area contributed by atoms with Crippen molar-refractivity contribution in [1.82, 2.24) is 14.8 Å².